The molecule has 2 unspecified atom stereocenters. The number of esters is 1. The predicted molar refractivity (Wildman–Crippen MR) is 76.0 cm³/mol. The van der Waals surface area contributed by atoms with Crippen LogP contribution in [-0.4, -0.2) is 49.7 Å². The van der Waals surface area contributed by atoms with Crippen molar-refractivity contribution in [2.75, 3.05) is 33.3 Å². The average Bonchev–Trinajstić information content (AvgIpc) is 3.21. The van der Waals surface area contributed by atoms with Crippen LogP contribution in [0.2, 0.25) is 0 Å². The van der Waals surface area contributed by atoms with Crippen molar-refractivity contribution in [2.45, 2.75) is 45.1 Å². The van der Waals surface area contributed by atoms with E-state index < -0.39 is 5.54 Å². The highest BCUT2D eigenvalue weighted by Gasteiger charge is 2.52. The second-order valence-corrected chi connectivity index (χ2v) is 6.20. The first-order valence-electron chi connectivity index (χ1n) is 7.71. The monoisotopic (exact) mass is 268 g/mol. The molecule has 2 fully saturated rings. The predicted octanol–water partition coefficient (Wildman–Crippen LogP) is 1.65. The lowest BCUT2D eigenvalue weighted by Gasteiger charge is -2.39. The fraction of sp³-hybridized carbons (Fsp3) is 0.933. The number of carbonyl (C=O) groups is 1. The minimum atomic E-state index is -0.479. The maximum Gasteiger partial charge on any atom is 0.327 e. The van der Waals surface area contributed by atoms with Gasteiger partial charge in [-0.15, -0.1) is 0 Å². The summed E-state index contributed by atoms with van der Waals surface area (Å²) < 4.78 is 5.34. The molecule has 0 spiro atoms. The highest BCUT2D eigenvalue weighted by Crippen LogP contribution is 2.41. The Morgan fingerprint density at radius 3 is 2.68 bits per heavy atom. The van der Waals surface area contributed by atoms with Crippen LogP contribution >= 0.6 is 0 Å². The molecule has 0 radical (unpaired) electrons. The zero-order valence-corrected chi connectivity index (χ0v) is 12.6. The van der Waals surface area contributed by atoms with Crippen molar-refractivity contribution in [1.29, 1.82) is 0 Å². The number of piperidine rings is 1. The van der Waals surface area contributed by atoms with E-state index >= 15 is 0 Å². The summed E-state index contributed by atoms with van der Waals surface area (Å²) in [5, 5.41) is 3.31. The Balaban J connectivity index is 2.06. The van der Waals surface area contributed by atoms with E-state index in [1.807, 2.05) is 14.0 Å². The zero-order chi connectivity index (χ0) is 13.9. The lowest BCUT2D eigenvalue weighted by atomic mass is 9.90. The number of likely N-dealkylation sites (N-methyl/N-ethyl adjacent to an activating group) is 1. The number of carbonyl (C=O) groups excluding carboxylic acids is 1. The summed E-state index contributed by atoms with van der Waals surface area (Å²) in [6, 6.07) is 0. The third-order valence-electron chi connectivity index (χ3n) is 4.57. The van der Waals surface area contributed by atoms with Gasteiger partial charge in [-0.3, -0.25) is 0 Å². The number of ether oxygens (including phenoxy) is 1. The first-order chi connectivity index (χ1) is 9.12. The summed E-state index contributed by atoms with van der Waals surface area (Å²) >= 11 is 0. The van der Waals surface area contributed by atoms with Gasteiger partial charge in [-0.2, -0.15) is 0 Å². The van der Waals surface area contributed by atoms with Crippen LogP contribution in [0.1, 0.15) is 39.5 Å². The standard InChI is InChI=1S/C15H28N2O2/c1-4-19-14(18)15(16-3,13-7-8-13)11-17-9-5-6-12(2)10-17/h12-13,16H,4-11H2,1-3H3. The minimum Gasteiger partial charge on any atom is -0.465 e. The van der Waals surface area contributed by atoms with E-state index in [1.165, 1.54) is 12.8 Å². The van der Waals surface area contributed by atoms with Gasteiger partial charge in [0, 0.05) is 13.1 Å². The van der Waals surface area contributed by atoms with Gasteiger partial charge in [0.25, 0.3) is 0 Å². The van der Waals surface area contributed by atoms with Gasteiger partial charge in [-0.05, 0) is 58.0 Å². The first kappa shape index (κ1) is 14.8. The molecule has 4 heteroatoms. The van der Waals surface area contributed by atoms with Gasteiger partial charge < -0.3 is 15.0 Å². The van der Waals surface area contributed by atoms with E-state index in [2.05, 4.69) is 17.1 Å². The van der Waals surface area contributed by atoms with Crippen molar-refractivity contribution >= 4 is 5.97 Å². The van der Waals surface area contributed by atoms with Gasteiger partial charge in [0.1, 0.15) is 5.54 Å². The molecule has 0 aromatic rings. The molecule has 0 amide bonds. The minimum absolute atomic E-state index is 0.0572. The molecular weight excluding hydrogens is 240 g/mol. The van der Waals surface area contributed by atoms with Crippen LogP contribution in [0.25, 0.3) is 0 Å². The molecular formula is C15H28N2O2. The van der Waals surface area contributed by atoms with Gasteiger partial charge in [0.05, 0.1) is 6.61 Å². The van der Waals surface area contributed by atoms with Gasteiger partial charge in [-0.1, -0.05) is 6.92 Å². The Labute approximate surface area is 116 Å². The second kappa shape index (κ2) is 6.23. The molecule has 19 heavy (non-hydrogen) atoms. The number of nitrogens with zero attached hydrogens (tertiary/aromatic N) is 1. The first-order valence-corrected chi connectivity index (χ1v) is 7.71. The van der Waals surface area contributed by atoms with Crippen molar-refractivity contribution < 1.29 is 9.53 Å². The molecule has 2 aliphatic rings. The van der Waals surface area contributed by atoms with Gasteiger partial charge in [0.15, 0.2) is 0 Å². The van der Waals surface area contributed by atoms with Crippen molar-refractivity contribution in [2.24, 2.45) is 11.8 Å². The summed E-state index contributed by atoms with van der Waals surface area (Å²) in [5.74, 6) is 1.14. The molecule has 0 bridgehead atoms. The largest absolute Gasteiger partial charge is 0.465 e. The normalized spacial score (nSPS) is 27.8. The molecule has 2 rings (SSSR count). The molecule has 1 heterocycles. The molecule has 1 saturated carbocycles. The highest BCUT2D eigenvalue weighted by atomic mass is 16.5. The summed E-state index contributed by atoms with van der Waals surface area (Å²) in [5.41, 5.74) is -0.479. The van der Waals surface area contributed by atoms with Crippen molar-refractivity contribution in [3.05, 3.63) is 0 Å². The Hall–Kier alpha value is -0.610. The molecule has 4 nitrogen and oxygen atoms in total. The summed E-state index contributed by atoms with van der Waals surface area (Å²) in [6.07, 6.45) is 4.84. The zero-order valence-electron chi connectivity index (χ0n) is 12.6. The topological polar surface area (TPSA) is 41.6 Å². The van der Waals surface area contributed by atoms with E-state index in [4.69, 9.17) is 4.74 Å². The molecule has 1 saturated heterocycles. The smallest absolute Gasteiger partial charge is 0.327 e. The molecule has 110 valence electrons. The van der Waals surface area contributed by atoms with E-state index in [9.17, 15) is 4.79 Å². The lowest BCUT2D eigenvalue weighted by molar-refractivity contribution is -0.153. The third-order valence-corrected chi connectivity index (χ3v) is 4.57. The Bertz CT molecular complexity index is 317. The van der Waals surface area contributed by atoms with Crippen LogP contribution in [0.3, 0.4) is 0 Å². The second-order valence-electron chi connectivity index (χ2n) is 6.20. The van der Waals surface area contributed by atoms with E-state index in [0.717, 1.165) is 38.4 Å². The molecule has 0 aromatic heterocycles. The van der Waals surface area contributed by atoms with Crippen LogP contribution in [0.4, 0.5) is 0 Å². The lowest BCUT2D eigenvalue weighted by Crippen LogP contribution is -2.61. The quantitative estimate of drug-likeness (QED) is 0.744. The Morgan fingerprint density at radius 1 is 1.42 bits per heavy atom. The number of rotatable bonds is 6. The molecule has 0 aromatic carbocycles. The van der Waals surface area contributed by atoms with Gasteiger partial charge in [-0.25, -0.2) is 4.79 Å². The number of likely N-dealkylation sites (tertiary alicyclic amines) is 1. The maximum atomic E-state index is 12.4. The number of hydrogen-bond acceptors (Lipinski definition) is 4. The highest BCUT2D eigenvalue weighted by molar-refractivity contribution is 5.82. The van der Waals surface area contributed by atoms with Crippen LogP contribution in [-0.2, 0) is 9.53 Å². The van der Waals surface area contributed by atoms with E-state index in [0.29, 0.717) is 12.5 Å². The number of nitrogens with one attached hydrogen (secondary N) is 1. The van der Waals surface area contributed by atoms with E-state index in [1.54, 1.807) is 0 Å². The Kier molecular flexibility index (Phi) is 4.85. The number of hydrogen-bond donors (Lipinski definition) is 1. The summed E-state index contributed by atoms with van der Waals surface area (Å²) in [6.45, 7) is 7.67. The molecule has 1 aliphatic heterocycles. The van der Waals surface area contributed by atoms with Gasteiger partial charge in [0.2, 0.25) is 0 Å². The van der Waals surface area contributed by atoms with Crippen molar-refractivity contribution in [1.82, 2.24) is 10.2 Å². The van der Waals surface area contributed by atoms with Crippen LogP contribution in [0, 0.1) is 11.8 Å². The Morgan fingerprint density at radius 2 is 2.16 bits per heavy atom. The third kappa shape index (κ3) is 3.29. The fourth-order valence-corrected chi connectivity index (χ4v) is 3.36. The summed E-state index contributed by atoms with van der Waals surface area (Å²) in [7, 11) is 1.91. The summed E-state index contributed by atoms with van der Waals surface area (Å²) in [4.78, 5) is 14.9. The molecule has 1 aliphatic carbocycles. The van der Waals surface area contributed by atoms with Crippen LogP contribution in [0.15, 0.2) is 0 Å². The van der Waals surface area contributed by atoms with Gasteiger partial charge >= 0.3 is 5.97 Å². The van der Waals surface area contributed by atoms with Crippen LogP contribution < -0.4 is 5.32 Å². The van der Waals surface area contributed by atoms with E-state index in [-0.39, 0.29) is 5.97 Å². The average molecular weight is 268 g/mol. The van der Waals surface area contributed by atoms with Crippen molar-refractivity contribution in [3.63, 3.8) is 0 Å². The SMILES string of the molecule is CCOC(=O)C(CN1CCCC(C)C1)(NC)C1CC1. The molecule has 2 atom stereocenters. The maximum absolute atomic E-state index is 12.4. The van der Waals surface area contributed by atoms with Crippen LogP contribution in [0.5, 0.6) is 0 Å². The fourth-order valence-electron chi connectivity index (χ4n) is 3.36. The molecule has 1 N–H and O–H groups in total. The van der Waals surface area contributed by atoms with Crippen molar-refractivity contribution in [3.8, 4) is 0 Å².